The van der Waals surface area contributed by atoms with E-state index in [1.165, 1.54) is 37.6 Å². The number of hydrazone groups is 1. The zero-order valence-electron chi connectivity index (χ0n) is 12.7. The Morgan fingerprint density at radius 1 is 1.41 bits per heavy atom. The summed E-state index contributed by atoms with van der Waals surface area (Å²) in [6.07, 6.45) is 7.19. The molecule has 6 heteroatoms. The summed E-state index contributed by atoms with van der Waals surface area (Å²) in [4.78, 5) is 22.0. The quantitative estimate of drug-likeness (QED) is 0.346. The van der Waals surface area contributed by atoms with Crippen molar-refractivity contribution in [1.82, 2.24) is 5.43 Å². The minimum absolute atomic E-state index is 0.0281. The van der Waals surface area contributed by atoms with Gasteiger partial charge in [0.05, 0.1) is 11.1 Å². The number of hydrogen-bond donors (Lipinski definition) is 1. The first-order valence-electron chi connectivity index (χ1n) is 7.69. The van der Waals surface area contributed by atoms with Crippen molar-refractivity contribution in [2.45, 2.75) is 39.0 Å². The second kappa shape index (κ2) is 7.68. The molecule has 0 saturated heterocycles. The molecule has 1 amide bonds. The van der Waals surface area contributed by atoms with Crippen molar-refractivity contribution in [1.29, 1.82) is 0 Å². The Bertz CT molecular complexity index is 554. The van der Waals surface area contributed by atoms with E-state index in [2.05, 4.69) is 17.5 Å². The first-order valence-corrected chi connectivity index (χ1v) is 7.69. The second-order valence-electron chi connectivity index (χ2n) is 5.68. The Kier molecular flexibility index (Phi) is 5.63. The van der Waals surface area contributed by atoms with Crippen LogP contribution in [0.15, 0.2) is 29.4 Å². The van der Waals surface area contributed by atoms with Crippen LogP contribution in [0.2, 0.25) is 0 Å². The lowest BCUT2D eigenvalue weighted by molar-refractivity contribution is -0.384. The summed E-state index contributed by atoms with van der Waals surface area (Å²) in [5.74, 6) is 0.589. The molecule has 1 fully saturated rings. The van der Waals surface area contributed by atoms with Crippen molar-refractivity contribution in [2.24, 2.45) is 16.9 Å². The summed E-state index contributed by atoms with van der Waals surface area (Å²) in [5, 5.41) is 14.5. The van der Waals surface area contributed by atoms with Crippen molar-refractivity contribution in [3.05, 3.63) is 39.9 Å². The van der Waals surface area contributed by atoms with Gasteiger partial charge in [0.1, 0.15) is 0 Å². The van der Waals surface area contributed by atoms with Gasteiger partial charge in [0.2, 0.25) is 5.91 Å². The summed E-state index contributed by atoms with van der Waals surface area (Å²) in [5.41, 5.74) is 3.29. The minimum atomic E-state index is -0.450. The molecular formula is C16H21N3O3. The molecule has 1 saturated carbocycles. The molecular weight excluding hydrogens is 282 g/mol. The molecule has 0 heterocycles. The number of unbranched alkanes of at least 4 members (excludes halogenated alkanes) is 2. The smallest absolute Gasteiger partial charge is 0.269 e. The highest BCUT2D eigenvalue weighted by molar-refractivity contribution is 5.84. The fourth-order valence-electron chi connectivity index (χ4n) is 2.48. The van der Waals surface area contributed by atoms with Gasteiger partial charge in [-0.25, -0.2) is 5.43 Å². The molecule has 1 aliphatic rings. The van der Waals surface area contributed by atoms with Gasteiger partial charge in [0.25, 0.3) is 5.69 Å². The lowest BCUT2D eigenvalue weighted by Crippen LogP contribution is -2.20. The molecule has 1 N–H and O–H groups in total. The average Bonchev–Trinajstić information content (AvgIpc) is 3.27. The van der Waals surface area contributed by atoms with E-state index in [9.17, 15) is 14.9 Å². The number of nitro groups is 1. The number of nitro benzene ring substituents is 1. The minimum Gasteiger partial charge on any atom is -0.273 e. The number of carbonyl (C=O) groups is 1. The van der Waals surface area contributed by atoms with E-state index in [0.29, 0.717) is 11.5 Å². The number of hydrogen-bond acceptors (Lipinski definition) is 4. The summed E-state index contributed by atoms with van der Waals surface area (Å²) in [6, 6.07) is 6.01. The monoisotopic (exact) mass is 303 g/mol. The molecule has 1 aliphatic carbocycles. The van der Waals surface area contributed by atoms with Gasteiger partial charge in [0.15, 0.2) is 0 Å². The Labute approximate surface area is 129 Å². The molecule has 1 aromatic rings. The molecule has 2 rings (SSSR count). The second-order valence-corrected chi connectivity index (χ2v) is 5.68. The highest BCUT2D eigenvalue weighted by Crippen LogP contribution is 2.42. The van der Waals surface area contributed by atoms with Gasteiger partial charge in [-0.15, -0.1) is 0 Å². The Balaban J connectivity index is 1.73. The standard InChI is InChI=1S/C16H21N3O3/c1-2-3-4-5-13-10-15(13)16(20)18-17-11-12-6-8-14(9-7-12)19(21)22/h6-9,11,13,15H,2-5,10H2,1H3,(H,18,20)/t13-,15+/m1/s1. The van der Waals surface area contributed by atoms with Gasteiger partial charge in [0, 0.05) is 18.1 Å². The Morgan fingerprint density at radius 2 is 2.14 bits per heavy atom. The van der Waals surface area contributed by atoms with E-state index in [1.807, 2.05) is 0 Å². The largest absolute Gasteiger partial charge is 0.273 e. The fourth-order valence-corrected chi connectivity index (χ4v) is 2.48. The number of benzene rings is 1. The van der Waals surface area contributed by atoms with Gasteiger partial charge >= 0.3 is 0 Å². The maximum atomic E-state index is 11.9. The van der Waals surface area contributed by atoms with E-state index in [-0.39, 0.29) is 17.5 Å². The molecule has 0 spiro atoms. The van der Waals surface area contributed by atoms with Crippen LogP contribution in [0.4, 0.5) is 5.69 Å². The van der Waals surface area contributed by atoms with Gasteiger partial charge in [-0.05, 0) is 36.5 Å². The Hall–Kier alpha value is -2.24. The van der Waals surface area contributed by atoms with E-state index in [1.54, 1.807) is 12.1 Å². The first kappa shape index (κ1) is 16.1. The van der Waals surface area contributed by atoms with E-state index < -0.39 is 4.92 Å². The molecule has 118 valence electrons. The predicted molar refractivity (Wildman–Crippen MR) is 84.6 cm³/mol. The number of rotatable bonds is 8. The zero-order valence-corrected chi connectivity index (χ0v) is 12.7. The highest BCUT2D eigenvalue weighted by atomic mass is 16.6. The van der Waals surface area contributed by atoms with Crippen molar-refractivity contribution in [3.63, 3.8) is 0 Å². The van der Waals surface area contributed by atoms with Crippen LogP contribution in [0, 0.1) is 22.0 Å². The number of non-ortho nitro benzene ring substituents is 1. The van der Waals surface area contributed by atoms with Crippen LogP contribution in [-0.2, 0) is 4.79 Å². The van der Waals surface area contributed by atoms with Crippen molar-refractivity contribution in [3.8, 4) is 0 Å². The van der Waals surface area contributed by atoms with Crippen molar-refractivity contribution < 1.29 is 9.72 Å². The summed E-state index contributed by atoms with van der Waals surface area (Å²) < 4.78 is 0. The lowest BCUT2D eigenvalue weighted by atomic mass is 10.1. The van der Waals surface area contributed by atoms with E-state index in [0.717, 1.165) is 12.8 Å². The number of nitrogens with zero attached hydrogens (tertiary/aromatic N) is 2. The molecule has 0 bridgehead atoms. The molecule has 0 radical (unpaired) electrons. The summed E-state index contributed by atoms with van der Waals surface area (Å²) >= 11 is 0. The van der Waals surface area contributed by atoms with Gasteiger partial charge in [-0.2, -0.15) is 5.10 Å². The third kappa shape index (κ3) is 4.65. The van der Waals surface area contributed by atoms with Crippen LogP contribution in [0.1, 0.15) is 44.6 Å². The molecule has 0 aromatic heterocycles. The first-order chi connectivity index (χ1) is 10.6. The molecule has 1 aromatic carbocycles. The zero-order chi connectivity index (χ0) is 15.9. The van der Waals surface area contributed by atoms with Crippen LogP contribution in [0.3, 0.4) is 0 Å². The molecule has 0 unspecified atom stereocenters. The van der Waals surface area contributed by atoms with E-state index in [4.69, 9.17) is 0 Å². The molecule has 22 heavy (non-hydrogen) atoms. The maximum Gasteiger partial charge on any atom is 0.269 e. The normalized spacial score (nSPS) is 20.0. The highest BCUT2D eigenvalue weighted by Gasteiger charge is 2.41. The SMILES string of the molecule is CCCCC[C@@H]1C[C@@H]1C(=O)NN=Cc1ccc([N+](=O)[O-])cc1. The third-order valence-electron chi connectivity index (χ3n) is 3.93. The van der Waals surface area contributed by atoms with Gasteiger partial charge in [-0.3, -0.25) is 14.9 Å². The number of amides is 1. The van der Waals surface area contributed by atoms with Crippen molar-refractivity contribution >= 4 is 17.8 Å². The fraction of sp³-hybridized carbons (Fsp3) is 0.500. The van der Waals surface area contributed by atoms with E-state index >= 15 is 0 Å². The number of carbonyl (C=O) groups excluding carboxylic acids is 1. The summed E-state index contributed by atoms with van der Waals surface area (Å²) in [7, 11) is 0. The van der Waals surface area contributed by atoms with Crippen LogP contribution < -0.4 is 5.43 Å². The van der Waals surface area contributed by atoms with Crippen LogP contribution in [0.5, 0.6) is 0 Å². The molecule has 0 aliphatic heterocycles. The lowest BCUT2D eigenvalue weighted by Gasteiger charge is -1.99. The third-order valence-corrected chi connectivity index (χ3v) is 3.93. The van der Waals surface area contributed by atoms with Crippen LogP contribution in [-0.4, -0.2) is 17.0 Å². The molecule has 6 nitrogen and oxygen atoms in total. The Morgan fingerprint density at radius 3 is 2.77 bits per heavy atom. The van der Waals surface area contributed by atoms with Crippen LogP contribution in [0.25, 0.3) is 0 Å². The molecule has 2 atom stereocenters. The van der Waals surface area contributed by atoms with Gasteiger partial charge < -0.3 is 0 Å². The predicted octanol–water partition coefficient (Wildman–Crippen LogP) is 3.26. The summed E-state index contributed by atoms with van der Waals surface area (Å²) in [6.45, 7) is 2.17. The van der Waals surface area contributed by atoms with Gasteiger partial charge in [-0.1, -0.05) is 26.2 Å². The maximum absolute atomic E-state index is 11.9. The van der Waals surface area contributed by atoms with Crippen molar-refractivity contribution in [2.75, 3.05) is 0 Å². The topological polar surface area (TPSA) is 84.6 Å². The number of nitrogens with one attached hydrogen (secondary N) is 1. The average molecular weight is 303 g/mol. The van der Waals surface area contributed by atoms with Crippen LogP contribution >= 0.6 is 0 Å².